The van der Waals surface area contributed by atoms with Gasteiger partial charge in [-0.15, -0.1) is 0 Å². The third-order valence-electron chi connectivity index (χ3n) is 2.26. The maximum Gasteiger partial charge on any atom is 0.412 e. The van der Waals surface area contributed by atoms with Crippen LogP contribution in [0.1, 0.15) is 43.6 Å². The molecule has 0 saturated heterocycles. The van der Waals surface area contributed by atoms with Crippen molar-refractivity contribution < 1.29 is 14.3 Å². The fraction of sp³-hybridized carbons (Fsp3) is 0.429. The first-order chi connectivity index (χ1) is 8.20. The second kappa shape index (κ2) is 5.21. The summed E-state index contributed by atoms with van der Waals surface area (Å²) in [6.45, 7) is 8.66. The Balaban J connectivity index is 2.95. The minimum Gasteiger partial charge on any atom is -0.444 e. The van der Waals surface area contributed by atoms with E-state index >= 15 is 0 Å². The molecule has 0 aliphatic carbocycles. The molecule has 0 atom stereocenters. The largest absolute Gasteiger partial charge is 0.444 e. The van der Waals surface area contributed by atoms with Crippen LogP contribution in [0.25, 0.3) is 0 Å². The Morgan fingerprint density at radius 3 is 2.33 bits per heavy atom. The van der Waals surface area contributed by atoms with E-state index in [9.17, 15) is 9.59 Å². The monoisotopic (exact) mass is 249 g/mol. The molecular weight excluding hydrogens is 230 g/mol. The summed E-state index contributed by atoms with van der Waals surface area (Å²) >= 11 is 0. The summed E-state index contributed by atoms with van der Waals surface area (Å²) in [6, 6.07) is 5.30. The number of carbonyl (C=O) groups excluding carboxylic acids is 2. The van der Waals surface area contributed by atoms with E-state index in [0.29, 0.717) is 11.3 Å². The van der Waals surface area contributed by atoms with Gasteiger partial charge in [0.2, 0.25) is 0 Å². The van der Waals surface area contributed by atoms with E-state index in [0.717, 1.165) is 5.56 Å². The number of anilines is 1. The maximum atomic E-state index is 11.7. The Morgan fingerprint density at radius 2 is 1.83 bits per heavy atom. The van der Waals surface area contributed by atoms with Crippen molar-refractivity contribution >= 4 is 17.6 Å². The molecule has 0 fully saturated rings. The van der Waals surface area contributed by atoms with Crippen molar-refractivity contribution in [1.29, 1.82) is 0 Å². The smallest absolute Gasteiger partial charge is 0.412 e. The molecule has 0 saturated carbocycles. The highest BCUT2D eigenvalue weighted by molar-refractivity contribution is 6.03. The number of benzene rings is 1. The molecule has 0 aliphatic rings. The number of ether oxygens (including phenoxy) is 1. The number of Topliss-reactive ketones (excluding diaryl/α,β-unsaturated/α-hetero) is 1. The van der Waals surface area contributed by atoms with Crippen molar-refractivity contribution in [1.82, 2.24) is 0 Å². The van der Waals surface area contributed by atoms with Gasteiger partial charge < -0.3 is 4.74 Å². The van der Waals surface area contributed by atoms with Gasteiger partial charge >= 0.3 is 6.09 Å². The summed E-state index contributed by atoms with van der Waals surface area (Å²) < 4.78 is 5.15. The Hall–Kier alpha value is -1.84. The van der Waals surface area contributed by atoms with Crippen molar-refractivity contribution in [2.75, 3.05) is 5.32 Å². The van der Waals surface area contributed by atoms with Crippen molar-refractivity contribution in [2.24, 2.45) is 0 Å². The molecule has 0 aliphatic heterocycles. The summed E-state index contributed by atoms with van der Waals surface area (Å²) in [5.41, 5.74) is 1.26. The summed E-state index contributed by atoms with van der Waals surface area (Å²) in [7, 11) is 0. The lowest BCUT2D eigenvalue weighted by molar-refractivity contribution is 0.0636. The van der Waals surface area contributed by atoms with E-state index in [-0.39, 0.29) is 5.78 Å². The van der Waals surface area contributed by atoms with Gasteiger partial charge in [-0.3, -0.25) is 10.1 Å². The quantitative estimate of drug-likeness (QED) is 0.815. The van der Waals surface area contributed by atoms with Crippen LogP contribution in [0.3, 0.4) is 0 Å². The second-order valence-corrected chi connectivity index (χ2v) is 5.18. The third-order valence-corrected chi connectivity index (χ3v) is 2.26. The highest BCUT2D eigenvalue weighted by Gasteiger charge is 2.18. The van der Waals surface area contributed by atoms with Gasteiger partial charge in [-0.25, -0.2) is 4.79 Å². The standard InChI is InChI=1S/C14H19NO3/c1-9-7-6-8-11(12(9)10(2)16)15-13(17)18-14(3,4)5/h6-8H,1-5H3,(H,15,17). The molecule has 1 amide bonds. The number of rotatable bonds is 2. The first-order valence-corrected chi connectivity index (χ1v) is 5.81. The van der Waals surface area contributed by atoms with Gasteiger partial charge in [-0.05, 0) is 46.2 Å². The minimum absolute atomic E-state index is 0.0841. The summed E-state index contributed by atoms with van der Waals surface area (Å²) in [5, 5.41) is 2.61. The predicted molar refractivity (Wildman–Crippen MR) is 71.0 cm³/mol. The van der Waals surface area contributed by atoms with Crippen molar-refractivity contribution in [3.05, 3.63) is 29.3 Å². The van der Waals surface area contributed by atoms with Crippen LogP contribution >= 0.6 is 0 Å². The van der Waals surface area contributed by atoms with Crippen LogP contribution in [0.4, 0.5) is 10.5 Å². The number of ketones is 1. The number of hydrogen-bond acceptors (Lipinski definition) is 3. The summed E-state index contributed by atoms with van der Waals surface area (Å²) in [4.78, 5) is 23.2. The SMILES string of the molecule is CC(=O)c1c(C)cccc1NC(=O)OC(C)(C)C. The van der Waals surface area contributed by atoms with E-state index < -0.39 is 11.7 Å². The fourth-order valence-corrected chi connectivity index (χ4v) is 1.65. The number of amides is 1. The van der Waals surface area contributed by atoms with E-state index in [4.69, 9.17) is 4.74 Å². The number of hydrogen-bond donors (Lipinski definition) is 1. The molecule has 0 aromatic heterocycles. The molecule has 1 aromatic carbocycles. The topological polar surface area (TPSA) is 55.4 Å². The molecule has 0 radical (unpaired) electrons. The van der Waals surface area contributed by atoms with Crippen LogP contribution in [0.15, 0.2) is 18.2 Å². The zero-order chi connectivity index (χ0) is 13.9. The van der Waals surface area contributed by atoms with Gasteiger partial charge in [0.1, 0.15) is 5.60 Å². The second-order valence-electron chi connectivity index (χ2n) is 5.18. The van der Waals surface area contributed by atoms with E-state index in [1.165, 1.54) is 6.92 Å². The van der Waals surface area contributed by atoms with E-state index in [1.54, 1.807) is 32.9 Å². The third kappa shape index (κ3) is 3.87. The Morgan fingerprint density at radius 1 is 1.22 bits per heavy atom. The Bertz CT molecular complexity index is 472. The summed E-state index contributed by atoms with van der Waals surface area (Å²) in [6.07, 6.45) is -0.560. The molecule has 4 nitrogen and oxygen atoms in total. The molecule has 18 heavy (non-hydrogen) atoms. The van der Waals surface area contributed by atoms with Gasteiger partial charge in [0.15, 0.2) is 5.78 Å². The zero-order valence-corrected chi connectivity index (χ0v) is 11.5. The number of aryl methyl sites for hydroxylation is 1. The lowest BCUT2D eigenvalue weighted by atomic mass is 10.0. The van der Waals surface area contributed by atoms with Crippen LogP contribution < -0.4 is 5.32 Å². The van der Waals surface area contributed by atoms with Crippen LogP contribution in [-0.2, 0) is 4.74 Å². The minimum atomic E-state index is -0.565. The maximum absolute atomic E-state index is 11.7. The molecule has 0 unspecified atom stereocenters. The molecular formula is C14H19NO3. The highest BCUT2D eigenvalue weighted by atomic mass is 16.6. The Labute approximate surface area is 107 Å². The normalized spacial score (nSPS) is 10.9. The van der Waals surface area contributed by atoms with Gasteiger partial charge in [-0.1, -0.05) is 12.1 Å². The molecule has 98 valence electrons. The zero-order valence-electron chi connectivity index (χ0n) is 11.5. The van der Waals surface area contributed by atoms with E-state index in [2.05, 4.69) is 5.32 Å². The van der Waals surface area contributed by atoms with Gasteiger partial charge in [0, 0.05) is 5.56 Å². The highest BCUT2D eigenvalue weighted by Crippen LogP contribution is 2.21. The van der Waals surface area contributed by atoms with Crippen molar-refractivity contribution in [3.63, 3.8) is 0 Å². The molecule has 1 aromatic rings. The molecule has 1 N–H and O–H groups in total. The average molecular weight is 249 g/mol. The van der Waals surface area contributed by atoms with Crippen molar-refractivity contribution in [2.45, 2.75) is 40.2 Å². The predicted octanol–water partition coefficient (Wildman–Crippen LogP) is 3.54. The lowest BCUT2D eigenvalue weighted by Gasteiger charge is -2.20. The van der Waals surface area contributed by atoms with Crippen LogP contribution in [0.2, 0.25) is 0 Å². The first-order valence-electron chi connectivity index (χ1n) is 5.81. The lowest BCUT2D eigenvalue weighted by Crippen LogP contribution is -2.27. The van der Waals surface area contributed by atoms with Crippen LogP contribution in [0.5, 0.6) is 0 Å². The van der Waals surface area contributed by atoms with Crippen LogP contribution in [0, 0.1) is 6.92 Å². The number of carbonyl (C=O) groups is 2. The average Bonchev–Trinajstić information content (AvgIpc) is 2.13. The molecule has 0 spiro atoms. The van der Waals surface area contributed by atoms with Crippen LogP contribution in [-0.4, -0.2) is 17.5 Å². The molecule has 1 rings (SSSR count). The van der Waals surface area contributed by atoms with Gasteiger partial charge in [-0.2, -0.15) is 0 Å². The molecule has 0 bridgehead atoms. The van der Waals surface area contributed by atoms with E-state index in [1.807, 2.05) is 13.0 Å². The Kier molecular flexibility index (Phi) is 4.11. The van der Waals surface area contributed by atoms with Gasteiger partial charge in [0.25, 0.3) is 0 Å². The first kappa shape index (κ1) is 14.2. The number of nitrogens with one attached hydrogen (secondary N) is 1. The molecule has 4 heteroatoms. The summed E-state index contributed by atoms with van der Waals surface area (Å²) in [5.74, 6) is -0.0841. The molecule has 0 heterocycles. The fourth-order valence-electron chi connectivity index (χ4n) is 1.65. The van der Waals surface area contributed by atoms with Gasteiger partial charge in [0.05, 0.1) is 5.69 Å². The van der Waals surface area contributed by atoms with Crippen molar-refractivity contribution in [3.8, 4) is 0 Å².